The van der Waals surface area contributed by atoms with Crippen LogP contribution in [0, 0.1) is 0 Å². The number of carbonyl (C=O) groups is 1. The van der Waals surface area contributed by atoms with Crippen molar-refractivity contribution >= 4 is 17.7 Å². The van der Waals surface area contributed by atoms with E-state index in [1.54, 1.807) is 36.9 Å². The molecular formula is C17H20F3NO3S. The fraction of sp³-hybridized carbons (Fsp3) is 0.588. The number of ether oxygens (including phenoxy) is 1. The lowest BCUT2D eigenvalue weighted by molar-refractivity contribution is -0.139. The third kappa shape index (κ3) is 3.74. The van der Waals surface area contributed by atoms with Crippen LogP contribution in [0.3, 0.4) is 0 Å². The minimum Gasteiger partial charge on any atom is -0.485 e. The van der Waals surface area contributed by atoms with Gasteiger partial charge in [0.25, 0.3) is 0 Å². The number of benzene rings is 1. The van der Waals surface area contributed by atoms with Crippen molar-refractivity contribution in [3.63, 3.8) is 0 Å². The highest BCUT2D eigenvalue weighted by Crippen LogP contribution is 2.45. The monoisotopic (exact) mass is 375 g/mol. The molecule has 0 aliphatic carbocycles. The van der Waals surface area contributed by atoms with Crippen LogP contribution < -0.4 is 4.74 Å². The van der Waals surface area contributed by atoms with Crippen molar-refractivity contribution in [2.75, 3.05) is 12.3 Å². The number of carbonyl (C=O) groups excluding carboxylic acids is 1. The van der Waals surface area contributed by atoms with Crippen molar-refractivity contribution in [1.29, 1.82) is 0 Å². The molecule has 2 aliphatic heterocycles. The second-order valence-electron chi connectivity index (χ2n) is 6.89. The Kier molecular flexibility index (Phi) is 4.70. The van der Waals surface area contributed by atoms with Gasteiger partial charge in [0, 0.05) is 23.4 Å². The lowest BCUT2D eigenvalue weighted by Crippen LogP contribution is -2.53. The van der Waals surface area contributed by atoms with E-state index in [9.17, 15) is 23.1 Å². The van der Waals surface area contributed by atoms with Crippen LogP contribution in [0.4, 0.5) is 13.2 Å². The predicted molar refractivity (Wildman–Crippen MR) is 87.6 cm³/mol. The van der Waals surface area contributed by atoms with E-state index in [-0.39, 0.29) is 5.91 Å². The molecule has 1 N–H and O–H groups in total. The van der Waals surface area contributed by atoms with Gasteiger partial charge in [-0.05, 0) is 38.5 Å². The largest absolute Gasteiger partial charge is 0.485 e. The van der Waals surface area contributed by atoms with E-state index in [0.717, 1.165) is 0 Å². The number of hydrogen-bond acceptors (Lipinski definition) is 4. The molecule has 1 aromatic rings. The minimum absolute atomic E-state index is 0.0546. The van der Waals surface area contributed by atoms with Gasteiger partial charge in [-0.2, -0.15) is 13.2 Å². The molecule has 4 nitrogen and oxygen atoms in total. The third-order valence-electron chi connectivity index (χ3n) is 4.53. The molecule has 0 saturated carbocycles. The van der Waals surface area contributed by atoms with Crippen LogP contribution in [0.2, 0.25) is 0 Å². The number of fused-ring (bicyclic) bond motifs is 1. The number of nitrogens with zero attached hydrogens (tertiary/aromatic N) is 1. The molecule has 8 heteroatoms. The summed E-state index contributed by atoms with van der Waals surface area (Å²) in [4.78, 5) is 14.3. The van der Waals surface area contributed by atoms with Crippen LogP contribution >= 0.6 is 11.8 Å². The first kappa shape index (κ1) is 18.4. The highest BCUT2D eigenvalue weighted by molar-refractivity contribution is 7.99. The summed E-state index contributed by atoms with van der Waals surface area (Å²) in [5.74, 6) is -0.550. The average molecular weight is 375 g/mol. The first-order valence-electron chi connectivity index (χ1n) is 8.08. The Balaban J connectivity index is 1.97. The van der Waals surface area contributed by atoms with E-state index in [1.165, 1.54) is 0 Å². The summed E-state index contributed by atoms with van der Waals surface area (Å²) in [7, 11) is 0. The molecule has 2 unspecified atom stereocenters. The quantitative estimate of drug-likeness (QED) is 0.821. The van der Waals surface area contributed by atoms with Gasteiger partial charge in [-0.1, -0.05) is 0 Å². The summed E-state index contributed by atoms with van der Waals surface area (Å²) >= 11 is 0.681. The van der Waals surface area contributed by atoms with E-state index in [0.29, 0.717) is 47.4 Å². The lowest BCUT2D eigenvalue weighted by atomic mass is 9.85. The van der Waals surface area contributed by atoms with Gasteiger partial charge < -0.3 is 14.7 Å². The normalized spacial score (nSPS) is 25.7. The molecule has 25 heavy (non-hydrogen) atoms. The maximum Gasteiger partial charge on any atom is 0.398 e. The molecule has 3 rings (SSSR count). The Morgan fingerprint density at radius 3 is 2.72 bits per heavy atom. The third-order valence-corrected chi connectivity index (χ3v) is 5.59. The van der Waals surface area contributed by atoms with Gasteiger partial charge in [-0.25, -0.2) is 0 Å². The molecule has 2 heterocycles. The molecule has 1 aromatic carbocycles. The molecule has 2 aliphatic rings. The van der Waals surface area contributed by atoms with Crippen molar-refractivity contribution < 1.29 is 27.8 Å². The van der Waals surface area contributed by atoms with Crippen molar-refractivity contribution in [2.45, 2.75) is 55.5 Å². The van der Waals surface area contributed by atoms with E-state index in [4.69, 9.17) is 4.74 Å². The number of rotatable bonds is 3. The summed E-state index contributed by atoms with van der Waals surface area (Å²) in [5, 5.41) is 10.8. The minimum atomic E-state index is -4.26. The van der Waals surface area contributed by atoms with Crippen LogP contribution in [0.15, 0.2) is 23.1 Å². The summed E-state index contributed by atoms with van der Waals surface area (Å²) in [6.07, 6.45) is -4.10. The van der Waals surface area contributed by atoms with Crippen LogP contribution in [-0.2, 0) is 4.79 Å². The predicted octanol–water partition coefficient (Wildman–Crippen LogP) is 3.54. The number of alkyl halides is 3. The van der Waals surface area contributed by atoms with Crippen molar-refractivity contribution in [3.8, 4) is 5.75 Å². The van der Waals surface area contributed by atoms with E-state index >= 15 is 0 Å². The topological polar surface area (TPSA) is 49.8 Å². The zero-order valence-electron chi connectivity index (χ0n) is 14.0. The second-order valence-corrected chi connectivity index (χ2v) is 7.94. The molecule has 0 radical (unpaired) electrons. The van der Waals surface area contributed by atoms with Crippen molar-refractivity contribution in [3.05, 3.63) is 23.8 Å². The van der Waals surface area contributed by atoms with Crippen molar-refractivity contribution in [2.24, 2.45) is 0 Å². The Morgan fingerprint density at radius 2 is 2.12 bits per heavy atom. The summed E-state index contributed by atoms with van der Waals surface area (Å²) in [6.45, 7) is 4.00. The number of amides is 1. The second kappa shape index (κ2) is 6.39. The molecule has 2 atom stereocenters. The Labute approximate surface area is 148 Å². The fourth-order valence-electron chi connectivity index (χ4n) is 3.30. The molecule has 0 aromatic heterocycles. The van der Waals surface area contributed by atoms with Crippen molar-refractivity contribution in [1.82, 2.24) is 4.90 Å². The van der Waals surface area contributed by atoms with Gasteiger partial charge in [0.1, 0.15) is 17.5 Å². The zero-order chi connectivity index (χ0) is 18.4. The maximum atomic E-state index is 12.5. The highest BCUT2D eigenvalue weighted by Gasteiger charge is 2.47. The van der Waals surface area contributed by atoms with Gasteiger partial charge in [0.05, 0.1) is 11.8 Å². The van der Waals surface area contributed by atoms with Gasteiger partial charge in [-0.15, -0.1) is 11.8 Å². The maximum absolute atomic E-state index is 12.5. The number of halogens is 3. The number of thioether (sulfide) groups is 1. The molecule has 1 fully saturated rings. The standard InChI is InChI=1S/C17H20F3NO3S/c1-16(2)15(23)14(21-7-3-4-13(21)22)11-8-10(5-6-12(11)24-16)25-9-17(18,19)20/h5-6,8,14-15,23H,3-4,7,9H2,1-2H3. The number of likely N-dealkylation sites (tertiary alicyclic amines) is 1. The van der Waals surface area contributed by atoms with Gasteiger partial charge >= 0.3 is 6.18 Å². The van der Waals surface area contributed by atoms with Gasteiger partial charge in [-0.3, -0.25) is 4.79 Å². The molecule has 0 spiro atoms. The van der Waals surface area contributed by atoms with Gasteiger partial charge in [0.2, 0.25) is 5.91 Å². The van der Waals surface area contributed by atoms with E-state index < -0.39 is 29.7 Å². The fourth-order valence-corrected chi connectivity index (χ4v) is 4.01. The molecule has 0 bridgehead atoms. The first-order valence-corrected chi connectivity index (χ1v) is 9.07. The molecular weight excluding hydrogens is 355 g/mol. The van der Waals surface area contributed by atoms with Crippen LogP contribution in [-0.4, -0.2) is 46.1 Å². The van der Waals surface area contributed by atoms with Crippen LogP contribution in [0.5, 0.6) is 5.75 Å². The number of aliphatic hydroxyl groups excluding tert-OH is 1. The number of aliphatic hydroxyl groups is 1. The Morgan fingerprint density at radius 1 is 1.40 bits per heavy atom. The Bertz CT molecular complexity index is 678. The summed E-state index contributed by atoms with van der Waals surface area (Å²) < 4.78 is 43.3. The van der Waals surface area contributed by atoms with Crippen LogP contribution in [0.1, 0.15) is 38.3 Å². The zero-order valence-corrected chi connectivity index (χ0v) is 14.8. The number of hydrogen-bond donors (Lipinski definition) is 1. The van der Waals surface area contributed by atoms with Crippen LogP contribution in [0.25, 0.3) is 0 Å². The smallest absolute Gasteiger partial charge is 0.398 e. The van der Waals surface area contributed by atoms with E-state index in [1.807, 2.05) is 0 Å². The molecule has 1 amide bonds. The van der Waals surface area contributed by atoms with E-state index in [2.05, 4.69) is 0 Å². The molecule has 138 valence electrons. The average Bonchev–Trinajstić information content (AvgIpc) is 2.91. The molecule has 1 saturated heterocycles. The summed E-state index contributed by atoms with van der Waals surface area (Å²) in [5.41, 5.74) is -0.338. The van der Waals surface area contributed by atoms with Gasteiger partial charge in [0.15, 0.2) is 0 Å². The lowest BCUT2D eigenvalue weighted by Gasteiger charge is -2.45. The SMILES string of the molecule is CC1(C)Oc2ccc(SCC(F)(F)F)cc2C(N2CCCC2=O)C1O. The first-order chi connectivity index (χ1) is 11.6. The Hall–Kier alpha value is -1.41. The summed E-state index contributed by atoms with van der Waals surface area (Å²) in [6, 6.07) is 4.18. The highest BCUT2D eigenvalue weighted by atomic mass is 32.2.